The van der Waals surface area contributed by atoms with Gasteiger partial charge in [0.15, 0.2) is 5.78 Å². The Bertz CT molecular complexity index is 603. The van der Waals surface area contributed by atoms with Crippen LogP contribution in [0.15, 0.2) is 28.3 Å². The third-order valence-electron chi connectivity index (χ3n) is 2.58. The van der Waals surface area contributed by atoms with Crippen molar-refractivity contribution in [2.24, 2.45) is 0 Å². The first-order valence-corrected chi connectivity index (χ1v) is 5.47. The number of Topliss-reactive ketones (excluding diaryl/α,β-unsaturated/α-hetero) is 2. The number of carbonyl (C=O) groups is 2. The van der Waals surface area contributed by atoms with Gasteiger partial charge >= 0.3 is 0 Å². The molecule has 0 aromatic heterocycles. The third kappa shape index (κ3) is 1.61. The Balaban J connectivity index is 2.81. The van der Waals surface area contributed by atoms with Crippen LogP contribution in [0.1, 0.15) is 27.6 Å². The van der Waals surface area contributed by atoms with Crippen molar-refractivity contribution in [1.82, 2.24) is 0 Å². The highest BCUT2D eigenvalue weighted by Crippen LogP contribution is 2.34. The molecule has 17 heavy (non-hydrogen) atoms. The Morgan fingerprint density at radius 1 is 1.24 bits per heavy atom. The van der Waals surface area contributed by atoms with Crippen molar-refractivity contribution in [3.8, 4) is 0 Å². The molecule has 1 aliphatic carbocycles. The first-order chi connectivity index (χ1) is 7.95. The molecule has 0 amide bonds. The van der Waals surface area contributed by atoms with Crippen LogP contribution in [0.3, 0.4) is 0 Å². The summed E-state index contributed by atoms with van der Waals surface area (Å²) in [6, 6.07) is 4.02. The largest absolute Gasteiger partial charge is 0.289 e. The van der Waals surface area contributed by atoms with Crippen molar-refractivity contribution < 1.29 is 14.5 Å². The van der Waals surface area contributed by atoms with Gasteiger partial charge in [0.25, 0.3) is 5.69 Å². The molecular formula is C11H6BrNO4. The number of halogens is 1. The molecule has 1 aliphatic rings. The number of hydrogen-bond acceptors (Lipinski definition) is 4. The van der Waals surface area contributed by atoms with Crippen LogP contribution < -0.4 is 0 Å². The highest BCUT2D eigenvalue weighted by atomic mass is 79.9. The molecule has 0 saturated carbocycles. The maximum absolute atomic E-state index is 12.0. The van der Waals surface area contributed by atoms with Gasteiger partial charge in [0.1, 0.15) is 5.56 Å². The van der Waals surface area contributed by atoms with Crippen molar-refractivity contribution in [3.05, 3.63) is 49.5 Å². The van der Waals surface area contributed by atoms with Gasteiger partial charge in [-0.2, -0.15) is 0 Å². The average molecular weight is 296 g/mol. The molecule has 0 radical (unpaired) electrons. The zero-order chi connectivity index (χ0) is 12.7. The molecular weight excluding hydrogens is 290 g/mol. The van der Waals surface area contributed by atoms with E-state index >= 15 is 0 Å². The number of nitro benzene ring substituents is 1. The van der Waals surface area contributed by atoms with Gasteiger partial charge in [-0.15, -0.1) is 0 Å². The Labute approximate surface area is 104 Å². The fraction of sp³-hybridized carbons (Fsp3) is 0.0909. The van der Waals surface area contributed by atoms with E-state index in [4.69, 9.17) is 0 Å². The maximum atomic E-state index is 12.0. The van der Waals surface area contributed by atoms with E-state index in [1.807, 2.05) is 0 Å². The van der Waals surface area contributed by atoms with E-state index in [1.54, 1.807) is 0 Å². The summed E-state index contributed by atoms with van der Waals surface area (Å²) in [5.41, 5.74) is -0.193. The lowest BCUT2D eigenvalue weighted by Crippen LogP contribution is -2.19. The summed E-state index contributed by atoms with van der Waals surface area (Å²) in [5, 5.41) is 10.8. The molecule has 86 valence electrons. The van der Waals surface area contributed by atoms with Gasteiger partial charge < -0.3 is 0 Å². The number of hydrogen-bond donors (Lipinski definition) is 0. The topological polar surface area (TPSA) is 77.3 Å². The lowest BCUT2D eigenvalue weighted by Gasteiger charge is -2.14. The molecule has 2 rings (SSSR count). The van der Waals surface area contributed by atoms with E-state index in [0.717, 1.165) is 0 Å². The molecule has 0 aliphatic heterocycles. The molecule has 1 aromatic carbocycles. The van der Waals surface area contributed by atoms with Crippen LogP contribution >= 0.6 is 15.9 Å². The number of fused-ring (bicyclic) bond motifs is 1. The van der Waals surface area contributed by atoms with Crippen LogP contribution in [-0.2, 0) is 0 Å². The van der Waals surface area contributed by atoms with Crippen LogP contribution in [0.2, 0.25) is 0 Å². The first kappa shape index (κ1) is 11.7. The van der Waals surface area contributed by atoms with E-state index in [-0.39, 0.29) is 26.9 Å². The van der Waals surface area contributed by atoms with Crippen molar-refractivity contribution in [3.63, 3.8) is 0 Å². The number of allylic oxidation sites excluding steroid dienone is 2. The predicted molar refractivity (Wildman–Crippen MR) is 63.4 cm³/mol. The van der Waals surface area contributed by atoms with Gasteiger partial charge in [-0.05, 0) is 28.9 Å². The molecule has 6 heteroatoms. The lowest BCUT2D eigenvalue weighted by molar-refractivity contribution is -0.385. The molecule has 0 spiro atoms. The molecule has 1 aromatic rings. The lowest BCUT2D eigenvalue weighted by atomic mass is 9.89. The predicted octanol–water partition coefficient (Wildman–Crippen LogP) is 2.64. The smallest absolute Gasteiger partial charge is 0.281 e. The molecule has 0 fully saturated rings. The second-order valence-corrected chi connectivity index (χ2v) is 4.35. The Hall–Kier alpha value is -1.82. The summed E-state index contributed by atoms with van der Waals surface area (Å²) in [6.07, 6.45) is 0. The van der Waals surface area contributed by atoms with Crippen molar-refractivity contribution >= 4 is 33.2 Å². The minimum atomic E-state index is -0.656. The Morgan fingerprint density at radius 3 is 2.47 bits per heavy atom. The van der Waals surface area contributed by atoms with Crippen LogP contribution in [0.5, 0.6) is 0 Å². The number of ketones is 2. The van der Waals surface area contributed by atoms with Gasteiger partial charge in [-0.25, -0.2) is 0 Å². The van der Waals surface area contributed by atoms with Crippen molar-refractivity contribution in [2.45, 2.75) is 6.92 Å². The Morgan fingerprint density at radius 2 is 1.88 bits per heavy atom. The van der Waals surface area contributed by atoms with Crippen LogP contribution in [0.25, 0.3) is 0 Å². The molecule has 0 heterocycles. The van der Waals surface area contributed by atoms with E-state index < -0.39 is 16.5 Å². The molecule has 0 unspecified atom stereocenters. The molecule has 0 bridgehead atoms. The van der Waals surface area contributed by atoms with Gasteiger partial charge in [0.05, 0.1) is 9.41 Å². The molecule has 0 atom stereocenters. The average Bonchev–Trinajstić information content (AvgIpc) is 2.32. The van der Waals surface area contributed by atoms with Gasteiger partial charge in [-0.3, -0.25) is 19.7 Å². The van der Waals surface area contributed by atoms with Crippen LogP contribution in [0.4, 0.5) is 5.69 Å². The number of carbonyl (C=O) groups excluding carboxylic acids is 2. The maximum Gasteiger partial charge on any atom is 0.281 e. The third-order valence-corrected chi connectivity index (χ3v) is 3.53. The highest BCUT2D eigenvalue weighted by Gasteiger charge is 2.34. The SMILES string of the molecule is CC1=C(Br)C(=O)c2cccc([N+](=O)[O-])c2C1=O. The van der Waals surface area contributed by atoms with Crippen LogP contribution in [0, 0.1) is 10.1 Å². The minimum Gasteiger partial charge on any atom is -0.289 e. The summed E-state index contributed by atoms with van der Waals surface area (Å²) in [7, 11) is 0. The summed E-state index contributed by atoms with van der Waals surface area (Å²) in [6.45, 7) is 1.46. The van der Waals surface area contributed by atoms with E-state index in [0.29, 0.717) is 0 Å². The molecule has 5 nitrogen and oxygen atoms in total. The summed E-state index contributed by atoms with van der Waals surface area (Å²) in [4.78, 5) is 34.0. The zero-order valence-corrected chi connectivity index (χ0v) is 10.3. The number of rotatable bonds is 1. The first-order valence-electron chi connectivity index (χ1n) is 4.68. The standard InChI is InChI=1S/C11H6BrNO4/c1-5-9(12)11(15)6-3-2-4-7(13(16)17)8(6)10(5)14/h2-4H,1H3. The van der Waals surface area contributed by atoms with Crippen LogP contribution in [-0.4, -0.2) is 16.5 Å². The number of benzene rings is 1. The van der Waals surface area contributed by atoms with E-state index in [2.05, 4.69) is 15.9 Å². The number of nitro groups is 1. The van der Waals surface area contributed by atoms with Crippen molar-refractivity contribution in [2.75, 3.05) is 0 Å². The second kappa shape index (κ2) is 3.89. The summed E-state index contributed by atoms with van der Waals surface area (Å²) < 4.78 is 0.162. The van der Waals surface area contributed by atoms with Gasteiger partial charge in [0, 0.05) is 17.2 Å². The zero-order valence-electron chi connectivity index (χ0n) is 8.69. The minimum absolute atomic E-state index is 0.0710. The summed E-state index contributed by atoms with van der Waals surface area (Å²) >= 11 is 3.03. The van der Waals surface area contributed by atoms with E-state index in [1.165, 1.54) is 25.1 Å². The fourth-order valence-corrected chi connectivity index (χ4v) is 2.09. The second-order valence-electron chi connectivity index (χ2n) is 3.55. The van der Waals surface area contributed by atoms with E-state index in [9.17, 15) is 19.7 Å². The fourth-order valence-electron chi connectivity index (χ4n) is 1.70. The highest BCUT2D eigenvalue weighted by molar-refractivity contribution is 9.12. The molecule has 0 N–H and O–H groups in total. The summed E-state index contributed by atoms with van der Waals surface area (Å²) in [5.74, 6) is -0.889. The van der Waals surface area contributed by atoms with Gasteiger partial charge in [0.2, 0.25) is 5.78 Å². The monoisotopic (exact) mass is 295 g/mol. The Kier molecular flexibility index (Phi) is 2.66. The van der Waals surface area contributed by atoms with Crippen molar-refractivity contribution in [1.29, 1.82) is 0 Å². The molecule has 0 saturated heterocycles. The van der Waals surface area contributed by atoms with Gasteiger partial charge in [-0.1, -0.05) is 6.07 Å². The number of nitrogens with zero attached hydrogens (tertiary/aromatic N) is 1. The quantitative estimate of drug-likeness (QED) is 0.589. The normalized spacial score (nSPS) is 14.9.